The number of halogens is 3. The number of rotatable bonds is 12. The van der Waals surface area contributed by atoms with Crippen LogP contribution in [0.5, 0.6) is 0 Å². The molecule has 0 heterocycles. The first-order valence-corrected chi connectivity index (χ1v) is 16.1. The zero-order valence-electron chi connectivity index (χ0n) is 22.5. The molecule has 40 heavy (non-hydrogen) atoms. The second kappa shape index (κ2) is 14.3. The van der Waals surface area contributed by atoms with E-state index in [9.17, 15) is 18.0 Å². The number of sulfonamides is 1. The third-order valence-corrected chi connectivity index (χ3v) is 8.76. The van der Waals surface area contributed by atoms with Crippen LogP contribution in [0.15, 0.2) is 77.3 Å². The molecule has 0 saturated heterocycles. The van der Waals surface area contributed by atoms with Crippen LogP contribution in [-0.2, 0) is 32.6 Å². The lowest BCUT2D eigenvalue weighted by Gasteiger charge is -2.34. The van der Waals surface area contributed by atoms with Gasteiger partial charge in [0.15, 0.2) is 0 Å². The van der Waals surface area contributed by atoms with Crippen LogP contribution >= 0.6 is 39.1 Å². The molecule has 0 spiro atoms. The fraction of sp³-hybridized carbons (Fsp3) is 0.310. The number of carbonyl (C=O) groups is 2. The minimum atomic E-state index is -3.91. The fourth-order valence-corrected chi connectivity index (χ4v) is 5.66. The average Bonchev–Trinajstić information content (AvgIpc) is 2.90. The molecule has 3 aromatic carbocycles. The molecule has 0 aliphatic heterocycles. The van der Waals surface area contributed by atoms with Gasteiger partial charge in [-0.1, -0.05) is 88.5 Å². The second-order valence-corrected chi connectivity index (χ2v) is 13.2. The molecule has 1 N–H and O–H groups in total. The molecule has 0 fully saturated rings. The molecule has 0 aliphatic rings. The van der Waals surface area contributed by atoms with E-state index in [1.807, 2.05) is 68.4 Å². The van der Waals surface area contributed by atoms with E-state index in [0.717, 1.165) is 26.2 Å². The Balaban J connectivity index is 2.07. The second-order valence-electron chi connectivity index (χ2n) is 9.54. The van der Waals surface area contributed by atoms with Gasteiger partial charge in [-0.3, -0.25) is 13.9 Å². The lowest BCUT2D eigenvalue weighted by Crippen LogP contribution is -2.54. The minimum absolute atomic E-state index is 0.0860. The van der Waals surface area contributed by atoms with E-state index in [-0.39, 0.29) is 40.6 Å². The van der Waals surface area contributed by atoms with Crippen LogP contribution in [0, 0.1) is 0 Å². The van der Waals surface area contributed by atoms with Gasteiger partial charge in [0, 0.05) is 23.5 Å². The Morgan fingerprint density at radius 3 is 2.23 bits per heavy atom. The molecule has 2 amide bonds. The van der Waals surface area contributed by atoms with Crippen molar-refractivity contribution < 1.29 is 18.0 Å². The zero-order valence-corrected chi connectivity index (χ0v) is 26.4. The number of anilines is 1. The first-order chi connectivity index (χ1) is 18.9. The molecule has 3 aromatic rings. The summed E-state index contributed by atoms with van der Waals surface area (Å²) in [5, 5.41) is 3.41. The first kappa shape index (κ1) is 31.9. The van der Waals surface area contributed by atoms with Gasteiger partial charge in [-0.15, -0.1) is 0 Å². The average molecular weight is 669 g/mol. The van der Waals surface area contributed by atoms with Crippen LogP contribution in [0.4, 0.5) is 5.69 Å². The summed E-state index contributed by atoms with van der Waals surface area (Å²) in [6.45, 7) is 3.41. The number of amides is 2. The van der Waals surface area contributed by atoms with E-state index < -0.39 is 28.5 Å². The molecule has 0 unspecified atom stereocenters. The van der Waals surface area contributed by atoms with Crippen LogP contribution in [0.1, 0.15) is 31.4 Å². The summed E-state index contributed by atoms with van der Waals surface area (Å²) >= 11 is 15.7. The van der Waals surface area contributed by atoms with Crippen LogP contribution in [0.3, 0.4) is 0 Å². The van der Waals surface area contributed by atoms with Crippen LogP contribution in [-0.4, -0.2) is 50.0 Å². The van der Waals surface area contributed by atoms with Gasteiger partial charge >= 0.3 is 0 Å². The SMILES string of the molecule is CC[C@H](C)NC(=O)[C@H](Cc1ccccc1)N(Cc1cccc(Br)c1)C(=O)CN(c1ccc(Cl)c(Cl)c1)S(C)(=O)=O. The Morgan fingerprint density at radius 1 is 0.950 bits per heavy atom. The number of hydrogen-bond acceptors (Lipinski definition) is 4. The van der Waals surface area contributed by atoms with Crippen molar-refractivity contribution in [1.82, 2.24) is 10.2 Å². The van der Waals surface area contributed by atoms with Gasteiger partial charge in [-0.05, 0) is 54.8 Å². The number of carbonyl (C=O) groups excluding carboxylic acids is 2. The molecular weight excluding hydrogens is 637 g/mol. The molecule has 2 atom stereocenters. The summed E-state index contributed by atoms with van der Waals surface area (Å²) in [4.78, 5) is 29.2. The van der Waals surface area contributed by atoms with Gasteiger partial charge in [0.1, 0.15) is 12.6 Å². The van der Waals surface area contributed by atoms with Crippen LogP contribution in [0.25, 0.3) is 0 Å². The van der Waals surface area contributed by atoms with E-state index >= 15 is 0 Å². The summed E-state index contributed by atoms with van der Waals surface area (Å²) in [6, 6.07) is 20.2. The zero-order chi connectivity index (χ0) is 29.4. The summed E-state index contributed by atoms with van der Waals surface area (Å²) in [5.41, 5.74) is 1.83. The highest BCUT2D eigenvalue weighted by Gasteiger charge is 2.33. The molecule has 0 aromatic heterocycles. The van der Waals surface area contributed by atoms with Crippen LogP contribution < -0.4 is 9.62 Å². The molecule has 7 nitrogen and oxygen atoms in total. The molecule has 11 heteroatoms. The monoisotopic (exact) mass is 667 g/mol. The number of benzene rings is 3. The maximum absolute atomic E-state index is 14.1. The van der Waals surface area contributed by atoms with Gasteiger partial charge in [0.2, 0.25) is 21.8 Å². The molecular formula is C29H32BrCl2N3O4S. The van der Waals surface area contributed by atoms with E-state index in [0.29, 0.717) is 6.42 Å². The first-order valence-electron chi connectivity index (χ1n) is 12.7. The van der Waals surface area contributed by atoms with Crippen LogP contribution in [0.2, 0.25) is 10.0 Å². The van der Waals surface area contributed by atoms with Gasteiger partial charge in [-0.2, -0.15) is 0 Å². The molecule has 0 bridgehead atoms. The van der Waals surface area contributed by atoms with E-state index in [1.54, 1.807) is 0 Å². The van der Waals surface area contributed by atoms with Gasteiger partial charge in [0.05, 0.1) is 22.0 Å². The van der Waals surface area contributed by atoms with Gasteiger partial charge in [0.25, 0.3) is 0 Å². The van der Waals surface area contributed by atoms with Crippen molar-refractivity contribution in [2.24, 2.45) is 0 Å². The quantitative estimate of drug-likeness (QED) is 0.254. The van der Waals surface area contributed by atoms with E-state index in [4.69, 9.17) is 23.2 Å². The van der Waals surface area contributed by atoms with Crippen molar-refractivity contribution in [2.75, 3.05) is 17.1 Å². The molecule has 0 aliphatic carbocycles. The van der Waals surface area contributed by atoms with Gasteiger partial charge < -0.3 is 10.2 Å². The Labute approximate surface area is 254 Å². The summed E-state index contributed by atoms with van der Waals surface area (Å²) < 4.78 is 27.5. The number of nitrogens with one attached hydrogen (secondary N) is 1. The highest BCUT2D eigenvalue weighted by Crippen LogP contribution is 2.29. The van der Waals surface area contributed by atoms with Gasteiger partial charge in [-0.25, -0.2) is 8.42 Å². The van der Waals surface area contributed by atoms with Crippen molar-refractivity contribution in [3.63, 3.8) is 0 Å². The third kappa shape index (κ3) is 8.96. The van der Waals surface area contributed by atoms with E-state index in [2.05, 4.69) is 21.2 Å². The predicted octanol–water partition coefficient (Wildman–Crippen LogP) is 6.08. The number of nitrogens with zero attached hydrogens (tertiary/aromatic N) is 2. The summed E-state index contributed by atoms with van der Waals surface area (Å²) in [5.74, 6) is -0.862. The summed E-state index contributed by atoms with van der Waals surface area (Å²) in [6.07, 6.45) is 1.97. The molecule has 0 radical (unpaired) electrons. The predicted molar refractivity (Wildman–Crippen MR) is 165 cm³/mol. The number of hydrogen-bond donors (Lipinski definition) is 1. The topological polar surface area (TPSA) is 86.8 Å². The maximum Gasteiger partial charge on any atom is 0.244 e. The Morgan fingerprint density at radius 2 is 1.62 bits per heavy atom. The van der Waals surface area contributed by atoms with Crippen molar-refractivity contribution in [3.05, 3.63) is 98.4 Å². The fourth-order valence-electron chi connectivity index (χ4n) is 4.08. The largest absolute Gasteiger partial charge is 0.352 e. The molecule has 0 saturated carbocycles. The van der Waals surface area contributed by atoms with Crippen molar-refractivity contribution in [1.29, 1.82) is 0 Å². The highest BCUT2D eigenvalue weighted by molar-refractivity contribution is 9.10. The minimum Gasteiger partial charge on any atom is -0.352 e. The highest BCUT2D eigenvalue weighted by atomic mass is 79.9. The molecule has 3 rings (SSSR count). The Hall–Kier alpha value is -2.59. The lowest BCUT2D eigenvalue weighted by atomic mass is 10.0. The molecule has 214 valence electrons. The summed E-state index contributed by atoms with van der Waals surface area (Å²) in [7, 11) is -3.91. The normalized spacial score (nSPS) is 12.8. The van der Waals surface area contributed by atoms with Crippen molar-refractivity contribution >= 4 is 66.7 Å². The van der Waals surface area contributed by atoms with E-state index in [1.165, 1.54) is 23.1 Å². The third-order valence-electron chi connectivity index (χ3n) is 6.38. The van der Waals surface area contributed by atoms with Crippen molar-refractivity contribution in [2.45, 2.75) is 45.3 Å². The standard InChI is InChI=1S/C29H32BrCl2N3O4S/c1-4-20(2)33-29(37)27(16-21-9-6-5-7-10-21)34(18-22-11-8-12-23(30)15-22)28(36)19-35(40(3,38)39)24-13-14-25(31)26(32)17-24/h5-15,17,20,27H,4,16,18-19H2,1-3H3,(H,33,37)/t20-,27-/m0/s1. The smallest absolute Gasteiger partial charge is 0.244 e. The Kier molecular flexibility index (Phi) is 11.5. The Bertz CT molecular complexity index is 1440. The lowest BCUT2D eigenvalue weighted by molar-refractivity contribution is -0.140. The van der Waals surface area contributed by atoms with Crippen molar-refractivity contribution in [3.8, 4) is 0 Å². The maximum atomic E-state index is 14.1.